The summed E-state index contributed by atoms with van der Waals surface area (Å²) in [4.78, 5) is 0. The van der Waals surface area contributed by atoms with Gasteiger partial charge in [0.05, 0.1) is 12.1 Å². The van der Waals surface area contributed by atoms with Gasteiger partial charge in [-0.25, -0.2) is 0 Å². The van der Waals surface area contributed by atoms with E-state index in [1.807, 2.05) is 0 Å². The normalized spacial score (nSPS) is 56.1. The van der Waals surface area contributed by atoms with E-state index in [0.717, 1.165) is 36.5 Å². The van der Waals surface area contributed by atoms with Gasteiger partial charge in [0.25, 0.3) is 0 Å². The largest absolute Gasteiger partial charge is 0.393 e. The molecule has 0 aromatic rings. The third-order valence-corrected chi connectivity index (χ3v) is 8.82. The van der Waals surface area contributed by atoms with Crippen LogP contribution in [0.4, 0.5) is 0 Å². The molecule has 4 aliphatic carbocycles. The second-order valence-electron chi connectivity index (χ2n) is 9.45. The Balaban J connectivity index is 1.57. The molecule has 0 aromatic carbocycles. The Morgan fingerprint density at radius 3 is 2.43 bits per heavy atom. The highest BCUT2D eigenvalue weighted by molar-refractivity contribution is 5.09. The van der Waals surface area contributed by atoms with Crippen molar-refractivity contribution >= 4 is 0 Å². The number of nitrogens with zero attached hydrogens (tertiary/aromatic N) is 2. The van der Waals surface area contributed by atoms with E-state index in [9.17, 15) is 5.11 Å². The van der Waals surface area contributed by atoms with Crippen LogP contribution in [0.5, 0.6) is 0 Å². The molecule has 130 valence electrons. The molecular formula is C19H33N3O. The number of aliphatic hydroxyl groups excluding tert-OH is 1. The maximum Gasteiger partial charge on any atom is 0.0732 e. The summed E-state index contributed by atoms with van der Waals surface area (Å²) in [7, 11) is 0. The Morgan fingerprint density at radius 1 is 0.913 bits per heavy atom. The molecule has 0 saturated heterocycles. The van der Waals surface area contributed by atoms with Gasteiger partial charge in [-0.1, -0.05) is 19.1 Å². The topological polar surface area (TPSA) is 71.0 Å². The van der Waals surface area contributed by atoms with Crippen LogP contribution in [-0.4, -0.2) is 17.3 Å². The molecule has 0 radical (unpaired) electrons. The van der Waals surface area contributed by atoms with Gasteiger partial charge in [-0.15, -0.1) is 0 Å². The second kappa shape index (κ2) is 5.44. The van der Waals surface area contributed by atoms with E-state index in [-0.39, 0.29) is 11.5 Å². The lowest BCUT2D eigenvalue weighted by Crippen LogP contribution is -2.54. The molecule has 8 atom stereocenters. The van der Waals surface area contributed by atoms with E-state index in [2.05, 4.69) is 24.2 Å². The lowest BCUT2D eigenvalue weighted by Gasteiger charge is -2.60. The molecule has 0 amide bonds. The summed E-state index contributed by atoms with van der Waals surface area (Å²) < 4.78 is 0. The van der Waals surface area contributed by atoms with Crippen LogP contribution in [0.25, 0.3) is 0 Å². The van der Waals surface area contributed by atoms with Crippen LogP contribution < -0.4 is 5.84 Å². The molecule has 0 heterocycles. The van der Waals surface area contributed by atoms with Gasteiger partial charge >= 0.3 is 0 Å². The van der Waals surface area contributed by atoms with E-state index >= 15 is 0 Å². The van der Waals surface area contributed by atoms with Crippen LogP contribution >= 0.6 is 0 Å². The van der Waals surface area contributed by atoms with Gasteiger partial charge < -0.3 is 10.9 Å². The van der Waals surface area contributed by atoms with Crippen molar-refractivity contribution in [2.75, 3.05) is 0 Å². The highest BCUT2D eigenvalue weighted by Crippen LogP contribution is 2.66. The van der Waals surface area contributed by atoms with Crippen LogP contribution in [0.2, 0.25) is 0 Å². The molecule has 4 heteroatoms. The number of hydrogen-bond donors (Lipinski definition) is 2. The third-order valence-electron chi connectivity index (χ3n) is 8.82. The molecule has 23 heavy (non-hydrogen) atoms. The van der Waals surface area contributed by atoms with E-state index in [1.165, 1.54) is 44.9 Å². The van der Waals surface area contributed by atoms with Crippen molar-refractivity contribution in [2.45, 2.75) is 83.8 Å². The van der Waals surface area contributed by atoms with Crippen molar-refractivity contribution in [1.29, 1.82) is 0 Å². The third kappa shape index (κ3) is 2.20. The van der Waals surface area contributed by atoms with E-state index in [4.69, 9.17) is 5.84 Å². The summed E-state index contributed by atoms with van der Waals surface area (Å²) in [6.45, 7) is 4.94. The van der Waals surface area contributed by atoms with E-state index in [0.29, 0.717) is 11.5 Å². The minimum Gasteiger partial charge on any atom is -0.393 e. The maximum absolute atomic E-state index is 10.5. The summed E-state index contributed by atoms with van der Waals surface area (Å²) >= 11 is 0. The Kier molecular flexibility index (Phi) is 3.75. The van der Waals surface area contributed by atoms with Crippen LogP contribution in [0.3, 0.4) is 0 Å². The van der Waals surface area contributed by atoms with Crippen molar-refractivity contribution in [2.24, 2.45) is 50.7 Å². The Morgan fingerprint density at radius 2 is 1.65 bits per heavy atom. The molecule has 4 rings (SSSR count). The van der Waals surface area contributed by atoms with Crippen molar-refractivity contribution < 1.29 is 5.11 Å². The summed E-state index contributed by atoms with van der Waals surface area (Å²) in [5, 5.41) is 18.3. The summed E-state index contributed by atoms with van der Waals surface area (Å²) in [5.41, 5.74) is 0.688. The first kappa shape index (κ1) is 15.9. The van der Waals surface area contributed by atoms with E-state index < -0.39 is 0 Å². The molecule has 0 bridgehead atoms. The summed E-state index contributed by atoms with van der Waals surface area (Å²) in [6.07, 6.45) is 11.1. The van der Waals surface area contributed by atoms with Gasteiger partial charge in [0.15, 0.2) is 0 Å². The fraction of sp³-hybridized carbons (Fsp3) is 1.00. The minimum absolute atomic E-state index is 0.0559. The summed E-state index contributed by atoms with van der Waals surface area (Å²) in [6, 6.07) is 0.358. The number of nitrogens with two attached hydrogens (primary N) is 1. The van der Waals surface area contributed by atoms with Crippen LogP contribution in [0.1, 0.15) is 71.6 Å². The van der Waals surface area contributed by atoms with Crippen molar-refractivity contribution in [3.8, 4) is 0 Å². The molecule has 4 saturated carbocycles. The standard InChI is InChI=1S/C19H33N3O/c1-18-9-7-13(21-22-20)11-12(18)3-4-14-15-5-6-17(23)19(15,2)10-8-16(14)18/h12-17,23H,3-11H2,1-2H3,(H2,20,21). The van der Waals surface area contributed by atoms with Gasteiger partial charge in [0.2, 0.25) is 0 Å². The average Bonchev–Trinajstić information content (AvgIpc) is 2.84. The average molecular weight is 319 g/mol. The van der Waals surface area contributed by atoms with Gasteiger partial charge in [0, 0.05) is 0 Å². The van der Waals surface area contributed by atoms with Crippen LogP contribution in [-0.2, 0) is 0 Å². The zero-order chi connectivity index (χ0) is 16.2. The van der Waals surface area contributed by atoms with Gasteiger partial charge in [-0.2, -0.15) is 5.11 Å². The molecule has 4 nitrogen and oxygen atoms in total. The maximum atomic E-state index is 10.5. The monoisotopic (exact) mass is 319 g/mol. The minimum atomic E-state index is -0.0559. The number of hydrogen-bond acceptors (Lipinski definition) is 3. The molecule has 0 aromatic heterocycles. The highest BCUT2D eigenvalue weighted by Gasteiger charge is 2.60. The first-order valence-corrected chi connectivity index (χ1v) is 9.77. The molecule has 3 N–H and O–H groups in total. The first-order chi connectivity index (χ1) is 11.0. The Hall–Kier alpha value is -0.640. The van der Waals surface area contributed by atoms with Crippen molar-refractivity contribution in [3.05, 3.63) is 0 Å². The fourth-order valence-electron chi connectivity index (χ4n) is 7.41. The molecule has 0 aliphatic heterocycles. The second-order valence-corrected chi connectivity index (χ2v) is 9.45. The van der Waals surface area contributed by atoms with Gasteiger partial charge in [0.1, 0.15) is 0 Å². The molecule has 4 fully saturated rings. The number of rotatable bonds is 1. The smallest absolute Gasteiger partial charge is 0.0732 e. The lowest BCUT2D eigenvalue weighted by atomic mass is 9.45. The van der Waals surface area contributed by atoms with E-state index in [1.54, 1.807) is 0 Å². The molecular weight excluding hydrogens is 286 g/mol. The van der Waals surface area contributed by atoms with Gasteiger partial charge in [-0.05, 0) is 92.3 Å². The Bertz CT molecular complexity index is 495. The quantitative estimate of drug-likeness (QED) is 0.434. The lowest BCUT2D eigenvalue weighted by molar-refractivity contribution is -0.122. The van der Waals surface area contributed by atoms with Crippen molar-refractivity contribution in [3.63, 3.8) is 0 Å². The van der Waals surface area contributed by atoms with Crippen LogP contribution in [0.15, 0.2) is 10.3 Å². The molecule has 8 unspecified atom stereocenters. The SMILES string of the molecule is CC12CCC3C(CCC4CC(N=NN)CCC43C)C1CCC2O. The first-order valence-electron chi connectivity index (χ1n) is 9.77. The van der Waals surface area contributed by atoms with Gasteiger partial charge in [-0.3, -0.25) is 0 Å². The summed E-state index contributed by atoms with van der Waals surface area (Å²) in [5.74, 6) is 8.55. The predicted octanol–water partition coefficient (Wildman–Crippen LogP) is 4.08. The predicted molar refractivity (Wildman–Crippen MR) is 90.6 cm³/mol. The molecule has 0 spiro atoms. The molecule has 4 aliphatic rings. The fourth-order valence-corrected chi connectivity index (χ4v) is 7.41. The zero-order valence-corrected chi connectivity index (χ0v) is 14.7. The zero-order valence-electron chi connectivity index (χ0n) is 14.7. The highest BCUT2D eigenvalue weighted by atomic mass is 16.3. The van der Waals surface area contributed by atoms with Crippen molar-refractivity contribution in [1.82, 2.24) is 0 Å². The number of fused-ring (bicyclic) bond motifs is 5. The Labute approximate surface area is 140 Å². The number of aliphatic hydroxyl groups is 1. The van der Waals surface area contributed by atoms with Crippen LogP contribution in [0, 0.1) is 34.5 Å².